The van der Waals surface area contributed by atoms with E-state index < -0.39 is 15.8 Å². The summed E-state index contributed by atoms with van der Waals surface area (Å²) >= 11 is 0. The lowest BCUT2D eigenvalue weighted by atomic mass is 10.2. The quantitative estimate of drug-likeness (QED) is 0.777. The summed E-state index contributed by atoms with van der Waals surface area (Å²) in [7, 11) is -0.670. The first-order valence-electron chi connectivity index (χ1n) is 7.57. The van der Waals surface area contributed by atoms with Crippen molar-refractivity contribution >= 4 is 26.7 Å². The lowest BCUT2D eigenvalue weighted by Gasteiger charge is -2.12. The number of aryl methyl sites for hydroxylation is 4. The molecule has 1 aromatic heterocycles. The van der Waals surface area contributed by atoms with E-state index in [0.717, 1.165) is 6.07 Å². The summed E-state index contributed by atoms with van der Waals surface area (Å²) in [5.41, 5.74) is 2.48. The molecule has 3 aromatic rings. The zero-order valence-corrected chi connectivity index (χ0v) is 15.1. The molecule has 0 bridgehead atoms. The molecule has 2 aromatic carbocycles. The van der Waals surface area contributed by atoms with Crippen molar-refractivity contribution in [2.24, 2.45) is 14.1 Å². The van der Waals surface area contributed by atoms with Crippen LogP contribution in [0.15, 0.2) is 40.0 Å². The van der Waals surface area contributed by atoms with Gasteiger partial charge in [-0.15, -0.1) is 0 Å². The van der Waals surface area contributed by atoms with E-state index in [9.17, 15) is 17.6 Å². The molecule has 25 heavy (non-hydrogen) atoms. The third-order valence-electron chi connectivity index (χ3n) is 4.32. The minimum atomic E-state index is -3.94. The molecule has 0 unspecified atom stereocenters. The number of halogens is 1. The number of fused-ring (bicyclic) bond motifs is 1. The van der Waals surface area contributed by atoms with Crippen molar-refractivity contribution in [3.05, 3.63) is 57.8 Å². The van der Waals surface area contributed by atoms with Crippen molar-refractivity contribution in [1.82, 2.24) is 9.13 Å². The average Bonchev–Trinajstić information content (AvgIpc) is 2.75. The van der Waals surface area contributed by atoms with Gasteiger partial charge in [-0.05, 0) is 49.2 Å². The number of sulfonamides is 1. The van der Waals surface area contributed by atoms with Crippen LogP contribution in [0.25, 0.3) is 11.0 Å². The number of benzene rings is 2. The van der Waals surface area contributed by atoms with Crippen LogP contribution in [0.1, 0.15) is 11.1 Å². The molecular formula is C17H18FN3O3S. The van der Waals surface area contributed by atoms with E-state index in [4.69, 9.17) is 0 Å². The third kappa shape index (κ3) is 2.82. The number of hydrogen-bond acceptors (Lipinski definition) is 3. The van der Waals surface area contributed by atoms with E-state index in [1.807, 2.05) is 0 Å². The Morgan fingerprint density at radius 1 is 0.960 bits per heavy atom. The van der Waals surface area contributed by atoms with E-state index >= 15 is 0 Å². The maximum absolute atomic E-state index is 13.7. The van der Waals surface area contributed by atoms with E-state index in [1.165, 1.54) is 21.3 Å². The SMILES string of the molecule is Cc1ccc(S(=O)(=O)Nc2cc3c(cc2C)n(C)c(=O)n3C)cc1F. The molecule has 0 amide bonds. The summed E-state index contributed by atoms with van der Waals surface area (Å²) in [6.07, 6.45) is 0. The number of rotatable bonds is 3. The van der Waals surface area contributed by atoms with Crippen LogP contribution in [-0.2, 0) is 24.1 Å². The second-order valence-corrected chi connectivity index (χ2v) is 7.76. The lowest BCUT2D eigenvalue weighted by molar-refractivity contribution is 0.593. The number of anilines is 1. The number of hydrogen-bond donors (Lipinski definition) is 1. The van der Waals surface area contributed by atoms with Crippen LogP contribution in [0.2, 0.25) is 0 Å². The maximum atomic E-state index is 13.7. The molecular weight excluding hydrogens is 345 g/mol. The van der Waals surface area contributed by atoms with Crippen LogP contribution >= 0.6 is 0 Å². The van der Waals surface area contributed by atoms with Crippen LogP contribution in [0.5, 0.6) is 0 Å². The predicted molar refractivity (Wildman–Crippen MR) is 94.8 cm³/mol. The largest absolute Gasteiger partial charge is 0.328 e. The highest BCUT2D eigenvalue weighted by atomic mass is 32.2. The second kappa shape index (κ2) is 5.73. The number of imidazole rings is 1. The Hall–Kier alpha value is -2.61. The molecule has 0 spiro atoms. The zero-order chi connectivity index (χ0) is 18.5. The van der Waals surface area contributed by atoms with Gasteiger partial charge in [0.2, 0.25) is 0 Å². The van der Waals surface area contributed by atoms with Crippen molar-refractivity contribution in [1.29, 1.82) is 0 Å². The predicted octanol–water partition coefficient (Wildman–Crippen LogP) is 2.43. The van der Waals surface area contributed by atoms with E-state index in [2.05, 4.69) is 4.72 Å². The topological polar surface area (TPSA) is 73.1 Å². The normalized spacial score (nSPS) is 11.9. The molecule has 1 N–H and O–H groups in total. The number of nitrogens with one attached hydrogen (secondary N) is 1. The molecule has 8 heteroatoms. The van der Waals surface area contributed by atoms with Crippen LogP contribution < -0.4 is 10.4 Å². The van der Waals surface area contributed by atoms with Crippen molar-refractivity contribution < 1.29 is 12.8 Å². The van der Waals surface area contributed by atoms with Gasteiger partial charge in [0, 0.05) is 14.1 Å². The smallest absolute Gasteiger partial charge is 0.295 e. The summed E-state index contributed by atoms with van der Waals surface area (Å²) in [5, 5.41) is 0. The van der Waals surface area contributed by atoms with Crippen LogP contribution in [0, 0.1) is 19.7 Å². The summed E-state index contributed by atoms with van der Waals surface area (Å²) in [6.45, 7) is 3.30. The summed E-state index contributed by atoms with van der Waals surface area (Å²) in [6, 6.07) is 7.11. The molecule has 3 rings (SSSR count). The van der Waals surface area contributed by atoms with Crippen LogP contribution in [0.3, 0.4) is 0 Å². The second-order valence-electron chi connectivity index (χ2n) is 6.07. The number of aromatic nitrogens is 2. The summed E-state index contributed by atoms with van der Waals surface area (Å²) in [4.78, 5) is 11.9. The fourth-order valence-electron chi connectivity index (χ4n) is 2.70. The Kier molecular flexibility index (Phi) is 3.95. The molecule has 0 saturated carbocycles. The maximum Gasteiger partial charge on any atom is 0.328 e. The van der Waals surface area contributed by atoms with E-state index in [0.29, 0.717) is 27.8 Å². The Balaban J connectivity index is 2.10. The van der Waals surface area contributed by atoms with Crippen molar-refractivity contribution in [3.8, 4) is 0 Å². The summed E-state index contributed by atoms with van der Waals surface area (Å²) < 4.78 is 44.2. The highest BCUT2D eigenvalue weighted by Gasteiger charge is 2.18. The number of nitrogens with zero attached hydrogens (tertiary/aromatic N) is 2. The monoisotopic (exact) mass is 363 g/mol. The van der Waals surface area contributed by atoms with Crippen molar-refractivity contribution in [2.75, 3.05) is 4.72 Å². The van der Waals surface area contributed by atoms with Crippen molar-refractivity contribution in [3.63, 3.8) is 0 Å². The summed E-state index contributed by atoms with van der Waals surface area (Å²) in [5.74, 6) is -0.583. The fourth-order valence-corrected chi connectivity index (χ4v) is 3.84. The molecule has 0 fully saturated rings. The first-order chi connectivity index (χ1) is 11.6. The van der Waals surface area contributed by atoms with Crippen LogP contribution in [-0.4, -0.2) is 17.6 Å². The highest BCUT2D eigenvalue weighted by Crippen LogP contribution is 2.25. The lowest BCUT2D eigenvalue weighted by Crippen LogP contribution is -2.19. The minimum absolute atomic E-state index is 0.156. The Labute approximate surface area is 144 Å². The third-order valence-corrected chi connectivity index (χ3v) is 5.68. The highest BCUT2D eigenvalue weighted by molar-refractivity contribution is 7.92. The molecule has 132 valence electrons. The van der Waals surface area contributed by atoms with Gasteiger partial charge in [-0.3, -0.25) is 13.9 Å². The Bertz CT molecular complexity index is 1160. The minimum Gasteiger partial charge on any atom is -0.295 e. The van der Waals surface area contributed by atoms with Gasteiger partial charge < -0.3 is 0 Å². The standard InChI is InChI=1S/C17H18FN3O3S/c1-10-5-6-12(8-13(10)18)25(23,24)19-14-9-16-15(7-11(14)2)20(3)17(22)21(16)4/h5-9,19H,1-4H3. The zero-order valence-electron chi connectivity index (χ0n) is 14.3. The van der Waals surface area contributed by atoms with Crippen molar-refractivity contribution in [2.45, 2.75) is 18.7 Å². The molecule has 0 aliphatic heterocycles. The Morgan fingerprint density at radius 2 is 1.56 bits per heavy atom. The molecule has 6 nitrogen and oxygen atoms in total. The first-order valence-corrected chi connectivity index (χ1v) is 9.05. The van der Waals surface area contributed by atoms with Gasteiger partial charge in [0.15, 0.2) is 0 Å². The van der Waals surface area contributed by atoms with Gasteiger partial charge in [-0.1, -0.05) is 6.07 Å². The van der Waals surface area contributed by atoms with E-state index in [-0.39, 0.29) is 10.6 Å². The van der Waals surface area contributed by atoms with Gasteiger partial charge >= 0.3 is 5.69 Å². The molecule has 0 aliphatic carbocycles. The van der Waals surface area contributed by atoms with Gasteiger partial charge in [0.1, 0.15) is 5.82 Å². The average molecular weight is 363 g/mol. The van der Waals surface area contributed by atoms with Crippen LogP contribution in [0.4, 0.5) is 10.1 Å². The molecule has 0 radical (unpaired) electrons. The van der Waals surface area contributed by atoms with E-state index in [1.54, 1.807) is 40.1 Å². The molecule has 0 atom stereocenters. The Morgan fingerprint density at radius 3 is 2.16 bits per heavy atom. The van der Waals surface area contributed by atoms with Gasteiger partial charge in [-0.25, -0.2) is 17.6 Å². The fraction of sp³-hybridized carbons (Fsp3) is 0.235. The van der Waals surface area contributed by atoms with Gasteiger partial charge in [0.05, 0.1) is 21.6 Å². The first kappa shape index (κ1) is 17.2. The molecule has 0 saturated heterocycles. The molecule has 0 aliphatic rings. The molecule has 1 heterocycles. The van der Waals surface area contributed by atoms with Gasteiger partial charge in [0.25, 0.3) is 10.0 Å². The van der Waals surface area contributed by atoms with Gasteiger partial charge in [-0.2, -0.15) is 0 Å².